The SMILES string of the molecule is CCOC(=O)c1ccc(N=C2SC(C(=O)Nc3cc(Cl)cc(Cl)c3)CC(=O)N2C)cc1. The molecule has 0 spiro atoms. The Hall–Kier alpha value is -2.55. The summed E-state index contributed by atoms with van der Waals surface area (Å²) < 4.78 is 4.96. The van der Waals surface area contributed by atoms with Crippen molar-refractivity contribution in [2.45, 2.75) is 18.6 Å². The zero-order valence-corrected chi connectivity index (χ0v) is 19.1. The molecular formula is C21H19Cl2N3O4S. The number of rotatable bonds is 5. The molecule has 0 saturated carbocycles. The number of nitrogens with zero attached hydrogens (tertiary/aromatic N) is 2. The Kier molecular flexibility index (Phi) is 7.59. The van der Waals surface area contributed by atoms with Gasteiger partial charge in [0.25, 0.3) is 0 Å². The van der Waals surface area contributed by atoms with Crippen LogP contribution >= 0.6 is 35.0 Å². The first-order chi connectivity index (χ1) is 14.8. The highest BCUT2D eigenvalue weighted by atomic mass is 35.5. The number of halogens is 2. The Morgan fingerprint density at radius 2 is 1.84 bits per heavy atom. The predicted octanol–water partition coefficient (Wildman–Crippen LogP) is 4.76. The second-order valence-corrected chi connectivity index (χ2v) is 8.62. The van der Waals surface area contributed by atoms with Crippen molar-refractivity contribution >= 4 is 69.3 Å². The van der Waals surface area contributed by atoms with Crippen molar-refractivity contribution in [3.8, 4) is 0 Å². The van der Waals surface area contributed by atoms with Crippen LogP contribution in [-0.4, -0.2) is 46.8 Å². The van der Waals surface area contributed by atoms with E-state index in [-0.39, 0.29) is 24.8 Å². The van der Waals surface area contributed by atoms with Crippen molar-refractivity contribution in [3.05, 3.63) is 58.1 Å². The number of thioether (sulfide) groups is 1. The summed E-state index contributed by atoms with van der Waals surface area (Å²) in [6.07, 6.45) is 0.0299. The molecule has 1 atom stereocenters. The van der Waals surface area contributed by atoms with Crippen LogP contribution in [0.4, 0.5) is 11.4 Å². The molecular weight excluding hydrogens is 461 g/mol. The largest absolute Gasteiger partial charge is 0.462 e. The maximum Gasteiger partial charge on any atom is 0.338 e. The molecule has 1 unspecified atom stereocenters. The van der Waals surface area contributed by atoms with Crippen LogP contribution in [0.15, 0.2) is 47.5 Å². The lowest BCUT2D eigenvalue weighted by atomic mass is 10.2. The Balaban J connectivity index is 1.75. The smallest absolute Gasteiger partial charge is 0.338 e. The van der Waals surface area contributed by atoms with E-state index < -0.39 is 11.2 Å². The number of hydrogen-bond donors (Lipinski definition) is 1. The Labute approximate surface area is 193 Å². The fourth-order valence-electron chi connectivity index (χ4n) is 2.74. The number of hydrogen-bond acceptors (Lipinski definition) is 6. The zero-order chi connectivity index (χ0) is 22.5. The molecule has 3 rings (SSSR count). The summed E-state index contributed by atoms with van der Waals surface area (Å²) in [7, 11) is 1.60. The molecule has 0 bridgehead atoms. The van der Waals surface area contributed by atoms with Crippen LogP contribution in [0, 0.1) is 0 Å². The van der Waals surface area contributed by atoms with E-state index in [1.165, 1.54) is 16.7 Å². The molecule has 2 amide bonds. The van der Waals surface area contributed by atoms with Crippen molar-refractivity contribution in [2.75, 3.05) is 19.0 Å². The fraction of sp³-hybridized carbons (Fsp3) is 0.238. The number of anilines is 1. The van der Waals surface area contributed by atoms with E-state index in [9.17, 15) is 14.4 Å². The van der Waals surface area contributed by atoms with Gasteiger partial charge in [0.05, 0.1) is 17.9 Å². The van der Waals surface area contributed by atoms with Crippen LogP contribution in [0.1, 0.15) is 23.7 Å². The molecule has 31 heavy (non-hydrogen) atoms. The number of nitrogens with one attached hydrogen (secondary N) is 1. The number of benzene rings is 2. The highest BCUT2D eigenvalue weighted by molar-refractivity contribution is 8.15. The molecule has 10 heteroatoms. The number of esters is 1. The summed E-state index contributed by atoms with van der Waals surface area (Å²) in [6, 6.07) is 11.2. The van der Waals surface area contributed by atoms with Crippen molar-refractivity contribution in [1.29, 1.82) is 0 Å². The molecule has 1 saturated heterocycles. The van der Waals surface area contributed by atoms with Gasteiger partial charge in [-0.2, -0.15) is 0 Å². The van der Waals surface area contributed by atoms with Gasteiger partial charge in [-0.1, -0.05) is 35.0 Å². The molecule has 2 aromatic carbocycles. The van der Waals surface area contributed by atoms with Crippen molar-refractivity contribution < 1.29 is 19.1 Å². The number of carbonyl (C=O) groups excluding carboxylic acids is 3. The third-order valence-electron chi connectivity index (χ3n) is 4.29. The first kappa shape index (κ1) is 23.1. The summed E-state index contributed by atoms with van der Waals surface area (Å²) in [4.78, 5) is 42.8. The van der Waals surface area contributed by atoms with E-state index in [4.69, 9.17) is 27.9 Å². The minimum atomic E-state index is -0.668. The van der Waals surface area contributed by atoms with Crippen molar-refractivity contribution in [1.82, 2.24) is 4.90 Å². The van der Waals surface area contributed by atoms with Gasteiger partial charge in [-0.15, -0.1) is 0 Å². The van der Waals surface area contributed by atoms with Crippen LogP contribution in [0.25, 0.3) is 0 Å². The number of carbonyl (C=O) groups is 3. The van der Waals surface area contributed by atoms with E-state index >= 15 is 0 Å². The van der Waals surface area contributed by atoms with Gasteiger partial charge >= 0.3 is 5.97 Å². The van der Waals surface area contributed by atoms with Crippen LogP contribution in [0.2, 0.25) is 10.0 Å². The van der Waals surface area contributed by atoms with E-state index in [0.29, 0.717) is 32.2 Å². The maximum atomic E-state index is 12.7. The minimum Gasteiger partial charge on any atom is -0.462 e. The van der Waals surface area contributed by atoms with Crippen molar-refractivity contribution in [2.24, 2.45) is 4.99 Å². The normalized spacial score (nSPS) is 17.5. The Morgan fingerprint density at radius 3 is 2.45 bits per heavy atom. The van der Waals surface area contributed by atoms with Gasteiger partial charge in [0, 0.05) is 29.2 Å². The molecule has 162 valence electrons. The summed E-state index contributed by atoms with van der Waals surface area (Å²) in [5, 5.41) is 3.23. The van der Waals surface area contributed by atoms with Crippen LogP contribution < -0.4 is 5.32 Å². The lowest BCUT2D eigenvalue weighted by molar-refractivity contribution is -0.128. The molecule has 1 aliphatic rings. The molecule has 7 nitrogen and oxygen atoms in total. The van der Waals surface area contributed by atoms with Gasteiger partial charge in [-0.05, 0) is 49.4 Å². The standard InChI is InChI=1S/C21H19Cl2N3O4S/c1-3-30-20(29)12-4-6-15(7-5-12)25-21-26(2)18(27)11-17(31-21)19(28)24-16-9-13(22)8-14(23)10-16/h4-10,17H,3,11H2,1-2H3,(H,24,28). The number of aliphatic imine (C=N–C) groups is 1. The van der Waals surface area contributed by atoms with Gasteiger partial charge in [-0.3, -0.25) is 14.5 Å². The molecule has 1 N–H and O–H groups in total. The van der Waals surface area contributed by atoms with Crippen LogP contribution in [0.5, 0.6) is 0 Å². The summed E-state index contributed by atoms with van der Waals surface area (Å²) >= 11 is 13.1. The number of amides is 2. The second-order valence-electron chi connectivity index (χ2n) is 6.57. The number of amidine groups is 1. The van der Waals surface area contributed by atoms with Crippen molar-refractivity contribution in [3.63, 3.8) is 0 Å². The van der Waals surface area contributed by atoms with Gasteiger partial charge < -0.3 is 10.1 Å². The molecule has 1 heterocycles. The lowest BCUT2D eigenvalue weighted by Gasteiger charge is -2.28. The van der Waals surface area contributed by atoms with Gasteiger partial charge in [-0.25, -0.2) is 9.79 Å². The summed E-state index contributed by atoms with van der Waals surface area (Å²) in [6.45, 7) is 2.02. The fourth-order valence-corrected chi connectivity index (χ4v) is 4.33. The monoisotopic (exact) mass is 479 g/mol. The third-order valence-corrected chi connectivity index (χ3v) is 5.97. The van der Waals surface area contributed by atoms with Crippen LogP contribution in [0.3, 0.4) is 0 Å². The average Bonchev–Trinajstić information content (AvgIpc) is 2.71. The van der Waals surface area contributed by atoms with Gasteiger partial charge in [0.15, 0.2) is 5.17 Å². The first-order valence-electron chi connectivity index (χ1n) is 9.33. The second kappa shape index (κ2) is 10.2. The predicted molar refractivity (Wildman–Crippen MR) is 123 cm³/mol. The first-order valence-corrected chi connectivity index (χ1v) is 11.0. The summed E-state index contributed by atoms with van der Waals surface area (Å²) in [5.41, 5.74) is 1.39. The third kappa shape index (κ3) is 6.00. The van der Waals surface area contributed by atoms with Crippen LogP contribution in [-0.2, 0) is 14.3 Å². The lowest BCUT2D eigenvalue weighted by Crippen LogP contribution is -2.43. The molecule has 0 radical (unpaired) electrons. The summed E-state index contributed by atoms with van der Waals surface area (Å²) in [5.74, 6) is -1.00. The highest BCUT2D eigenvalue weighted by Crippen LogP contribution is 2.30. The van der Waals surface area contributed by atoms with E-state index in [1.54, 1.807) is 56.4 Å². The molecule has 0 aliphatic carbocycles. The maximum absolute atomic E-state index is 12.7. The molecule has 1 fully saturated rings. The van der Waals surface area contributed by atoms with Gasteiger partial charge in [0.1, 0.15) is 5.25 Å². The zero-order valence-electron chi connectivity index (χ0n) is 16.7. The Morgan fingerprint density at radius 1 is 1.19 bits per heavy atom. The minimum absolute atomic E-state index is 0.0299. The van der Waals surface area contributed by atoms with E-state index in [0.717, 1.165) is 0 Å². The molecule has 0 aromatic heterocycles. The topological polar surface area (TPSA) is 88.1 Å². The highest BCUT2D eigenvalue weighted by Gasteiger charge is 2.34. The molecule has 1 aliphatic heterocycles. The van der Waals surface area contributed by atoms with E-state index in [2.05, 4.69) is 10.3 Å². The van der Waals surface area contributed by atoms with Gasteiger partial charge in [0.2, 0.25) is 11.8 Å². The molecule has 2 aromatic rings. The Bertz CT molecular complexity index is 1020. The number of ether oxygens (including phenoxy) is 1. The quantitative estimate of drug-likeness (QED) is 0.624. The van der Waals surface area contributed by atoms with E-state index in [1.807, 2.05) is 0 Å². The average molecular weight is 480 g/mol.